The van der Waals surface area contributed by atoms with Crippen LogP contribution in [0.2, 0.25) is 0 Å². The Kier molecular flexibility index (Phi) is 5.32. The molecule has 118 valence electrons. The van der Waals surface area contributed by atoms with Crippen LogP contribution in [0.1, 0.15) is 58.6 Å². The maximum atomic E-state index is 3.38. The van der Waals surface area contributed by atoms with Crippen molar-refractivity contribution in [3.63, 3.8) is 0 Å². The van der Waals surface area contributed by atoms with Gasteiger partial charge in [0.1, 0.15) is 0 Å². The van der Waals surface area contributed by atoms with E-state index in [1.54, 1.807) is 0 Å². The minimum Gasteiger partial charge on any atom is -0.372 e. The number of nitrogens with one attached hydrogen (secondary N) is 1. The summed E-state index contributed by atoms with van der Waals surface area (Å²) < 4.78 is 0. The first-order valence-corrected chi connectivity index (χ1v) is 8.48. The monoisotopic (exact) mass is 288 g/mol. The molecule has 1 aromatic rings. The van der Waals surface area contributed by atoms with Gasteiger partial charge in [-0.3, -0.25) is 0 Å². The van der Waals surface area contributed by atoms with Gasteiger partial charge in [-0.15, -0.1) is 0 Å². The van der Waals surface area contributed by atoms with E-state index in [4.69, 9.17) is 0 Å². The first kappa shape index (κ1) is 16.4. The van der Waals surface area contributed by atoms with Crippen LogP contribution >= 0.6 is 0 Å². The van der Waals surface area contributed by atoms with Crippen LogP contribution in [0.15, 0.2) is 24.3 Å². The van der Waals surface area contributed by atoms with E-state index >= 15 is 0 Å². The molecule has 1 unspecified atom stereocenters. The Labute approximate surface area is 130 Å². The van der Waals surface area contributed by atoms with Crippen molar-refractivity contribution in [2.24, 2.45) is 11.3 Å². The summed E-state index contributed by atoms with van der Waals surface area (Å²) in [5.41, 5.74) is 3.24. The molecule has 2 heteroatoms. The van der Waals surface area contributed by atoms with Crippen molar-refractivity contribution in [2.75, 3.05) is 25.0 Å². The van der Waals surface area contributed by atoms with E-state index in [0.717, 1.165) is 12.3 Å². The highest BCUT2D eigenvalue weighted by atomic mass is 15.1. The fourth-order valence-corrected chi connectivity index (χ4v) is 3.53. The number of benzene rings is 1. The fourth-order valence-electron chi connectivity index (χ4n) is 3.53. The average molecular weight is 288 g/mol. The first-order chi connectivity index (χ1) is 9.95. The van der Waals surface area contributed by atoms with E-state index < -0.39 is 0 Å². The second-order valence-corrected chi connectivity index (χ2v) is 7.47. The summed E-state index contributed by atoms with van der Waals surface area (Å²) in [6, 6.07) is 9.65. The van der Waals surface area contributed by atoms with Gasteiger partial charge in [0.05, 0.1) is 0 Å². The van der Waals surface area contributed by atoms with Gasteiger partial charge in [0.2, 0.25) is 0 Å². The number of nitrogens with zero attached hydrogens (tertiary/aromatic N) is 1. The molecule has 2 rings (SSSR count). The average Bonchev–Trinajstić information content (AvgIpc) is 2.48. The van der Waals surface area contributed by atoms with Crippen molar-refractivity contribution in [1.82, 2.24) is 5.32 Å². The van der Waals surface area contributed by atoms with E-state index in [1.807, 2.05) is 7.05 Å². The predicted octanol–water partition coefficient (Wildman–Crippen LogP) is 4.62. The molecule has 0 aliphatic carbocycles. The molecular formula is C19H32N2. The molecule has 0 spiro atoms. The lowest BCUT2D eigenvalue weighted by molar-refractivity contribution is 0.199. The standard InChI is InChI=1S/C19H32N2/c1-6-18(20-5)15-7-9-17(10-8-15)21-13-11-16(12-14-21)19(2,3)4/h7-10,16,18,20H,6,11-14H2,1-5H3. The second-order valence-electron chi connectivity index (χ2n) is 7.47. The summed E-state index contributed by atoms with van der Waals surface area (Å²) in [6.45, 7) is 11.8. The molecule has 0 saturated carbocycles. The van der Waals surface area contributed by atoms with Crippen LogP contribution in [0, 0.1) is 11.3 Å². The Bertz CT molecular complexity index is 418. The number of anilines is 1. The van der Waals surface area contributed by atoms with Crippen LogP contribution in [0.4, 0.5) is 5.69 Å². The third-order valence-electron chi connectivity index (χ3n) is 5.14. The lowest BCUT2D eigenvalue weighted by Crippen LogP contribution is -2.38. The van der Waals surface area contributed by atoms with Gasteiger partial charge in [0.25, 0.3) is 0 Å². The fraction of sp³-hybridized carbons (Fsp3) is 0.684. The summed E-state index contributed by atoms with van der Waals surface area (Å²) in [4.78, 5) is 2.55. The van der Waals surface area contributed by atoms with E-state index in [2.05, 4.69) is 62.2 Å². The highest BCUT2D eigenvalue weighted by molar-refractivity contribution is 5.48. The van der Waals surface area contributed by atoms with Gasteiger partial charge in [-0.1, -0.05) is 39.8 Å². The van der Waals surface area contributed by atoms with Gasteiger partial charge >= 0.3 is 0 Å². The molecule has 1 heterocycles. The number of hydrogen-bond donors (Lipinski definition) is 1. The molecule has 1 atom stereocenters. The van der Waals surface area contributed by atoms with Crippen LogP contribution < -0.4 is 10.2 Å². The van der Waals surface area contributed by atoms with Gasteiger partial charge < -0.3 is 10.2 Å². The quantitative estimate of drug-likeness (QED) is 0.869. The van der Waals surface area contributed by atoms with Crippen molar-refractivity contribution >= 4 is 5.69 Å². The van der Waals surface area contributed by atoms with Gasteiger partial charge in [-0.25, -0.2) is 0 Å². The summed E-state index contributed by atoms with van der Waals surface area (Å²) >= 11 is 0. The Morgan fingerprint density at radius 1 is 1.14 bits per heavy atom. The van der Waals surface area contributed by atoms with Gasteiger partial charge in [-0.2, -0.15) is 0 Å². The summed E-state index contributed by atoms with van der Waals surface area (Å²) in [5.74, 6) is 0.863. The lowest BCUT2D eigenvalue weighted by atomic mass is 9.75. The zero-order chi connectivity index (χ0) is 15.5. The van der Waals surface area contributed by atoms with Gasteiger partial charge in [0.15, 0.2) is 0 Å². The third kappa shape index (κ3) is 4.00. The molecule has 1 N–H and O–H groups in total. The maximum absolute atomic E-state index is 3.38. The van der Waals surface area contributed by atoms with Crippen molar-refractivity contribution in [3.8, 4) is 0 Å². The molecule has 2 nitrogen and oxygen atoms in total. The van der Waals surface area contributed by atoms with Crippen molar-refractivity contribution in [1.29, 1.82) is 0 Å². The second kappa shape index (κ2) is 6.83. The molecule has 1 saturated heterocycles. The Balaban J connectivity index is 1.98. The minimum absolute atomic E-state index is 0.455. The smallest absolute Gasteiger partial charge is 0.0366 e. The van der Waals surface area contributed by atoms with Crippen molar-refractivity contribution in [3.05, 3.63) is 29.8 Å². The predicted molar refractivity (Wildman–Crippen MR) is 92.9 cm³/mol. The molecule has 0 aromatic heterocycles. The lowest BCUT2D eigenvalue weighted by Gasteiger charge is -2.39. The minimum atomic E-state index is 0.455. The molecule has 1 aliphatic heterocycles. The van der Waals surface area contributed by atoms with Gasteiger partial charge in [-0.05, 0) is 55.3 Å². The van der Waals surface area contributed by atoms with Crippen LogP contribution in [0.5, 0.6) is 0 Å². The Morgan fingerprint density at radius 3 is 2.14 bits per heavy atom. The van der Waals surface area contributed by atoms with Crippen LogP contribution in [-0.4, -0.2) is 20.1 Å². The summed E-state index contributed by atoms with van der Waals surface area (Å²) in [6.07, 6.45) is 3.77. The largest absolute Gasteiger partial charge is 0.372 e. The maximum Gasteiger partial charge on any atom is 0.0366 e. The highest BCUT2D eigenvalue weighted by Gasteiger charge is 2.28. The third-order valence-corrected chi connectivity index (χ3v) is 5.14. The zero-order valence-corrected chi connectivity index (χ0v) is 14.4. The van der Waals surface area contributed by atoms with Crippen LogP contribution in [0.25, 0.3) is 0 Å². The van der Waals surface area contributed by atoms with Gasteiger partial charge in [0, 0.05) is 24.8 Å². The first-order valence-electron chi connectivity index (χ1n) is 8.48. The Hall–Kier alpha value is -1.02. The molecule has 21 heavy (non-hydrogen) atoms. The van der Waals surface area contributed by atoms with E-state index in [0.29, 0.717) is 11.5 Å². The SMILES string of the molecule is CCC(NC)c1ccc(N2CCC(C(C)(C)C)CC2)cc1. The topological polar surface area (TPSA) is 15.3 Å². The van der Waals surface area contributed by atoms with E-state index in [9.17, 15) is 0 Å². The molecule has 0 radical (unpaired) electrons. The van der Waals surface area contributed by atoms with Crippen molar-refractivity contribution < 1.29 is 0 Å². The summed E-state index contributed by atoms with van der Waals surface area (Å²) in [5, 5.41) is 3.38. The number of rotatable bonds is 4. The van der Waals surface area contributed by atoms with Crippen LogP contribution in [-0.2, 0) is 0 Å². The molecule has 1 aromatic carbocycles. The molecule has 1 fully saturated rings. The molecule has 0 bridgehead atoms. The van der Waals surface area contributed by atoms with Crippen molar-refractivity contribution in [2.45, 2.75) is 53.0 Å². The number of hydrogen-bond acceptors (Lipinski definition) is 2. The Morgan fingerprint density at radius 2 is 1.71 bits per heavy atom. The molecule has 1 aliphatic rings. The number of piperidine rings is 1. The molecule has 0 amide bonds. The van der Waals surface area contributed by atoms with E-state index in [-0.39, 0.29) is 0 Å². The highest BCUT2D eigenvalue weighted by Crippen LogP contribution is 2.35. The molecular weight excluding hydrogens is 256 g/mol. The van der Waals surface area contributed by atoms with E-state index in [1.165, 1.54) is 37.2 Å². The normalized spacial score (nSPS) is 18.8. The van der Waals surface area contributed by atoms with Crippen LogP contribution in [0.3, 0.4) is 0 Å². The summed E-state index contributed by atoms with van der Waals surface area (Å²) in [7, 11) is 2.04. The zero-order valence-electron chi connectivity index (χ0n) is 14.4.